The van der Waals surface area contributed by atoms with Crippen LogP contribution in [0.2, 0.25) is 0 Å². The molecule has 2 aromatic rings. The molecule has 0 unspecified atom stereocenters. The highest BCUT2D eigenvalue weighted by Gasteiger charge is 2.16. The van der Waals surface area contributed by atoms with Crippen molar-refractivity contribution in [3.63, 3.8) is 0 Å². The minimum absolute atomic E-state index is 0.475. The Morgan fingerprint density at radius 3 is 2.63 bits per heavy atom. The van der Waals surface area contributed by atoms with Gasteiger partial charge in [-0.1, -0.05) is 0 Å². The maximum absolute atomic E-state index is 11.7. The Bertz CT molecular complexity index is 556. The van der Waals surface area contributed by atoms with E-state index in [9.17, 15) is 4.79 Å². The van der Waals surface area contributed by atoms with E-state index in [2.05, 4.69) is 10.3 Å². The summed E-state index contributed by atoms with van der Waals surface area (Å²) in [6, 6.07) is 7.33. The number of amides is 1. The molecular formula is C14H17N3O2. The predicted octanol–water partition coefficient (Wildman–Crippen LogP) is 3.22. The lowest BCUT2D eigenvalue weighted by atomic mass is 10.2. The van der Waals surface area contributed by atoms with Gasteiger partial charge in [0.05, 0.1) is 0 Å². The van der Waals surface area contributed by atoms with Crippen molar-refractivity contribution >= 4 is 11.8 Å². The predicted molar refractivity (Wildman–Crippen MR) is 73.4 cm³/mol. The molecule has 0 radical (unpaired) electrons. The molecule has 0 bridgehead atoms. The second kappa shape index (κ2) is 5.14. The average molecular weight is 259 g/mol. The average Bonchev–Trinajstić information content (AvgIpc) is 2.79. The van der Waals surface area contributed by atoms with E-state index < -0.39 is 11.7 Å². The van der Waals surface area contributed by atoms with Crippen LogP contribution >= 0.6 is 0 Å². The van der Waals surface area contributed by atoms with E-state index in [1.165, 1.54) is 0 Å². The monoisotopic (exact) mass is 259 g/mol. The molecule has 0 aliphatic heterocycles. The smallest absolute Gasteiger partial charge is 0.412 e. The number of nitrogens with zero attached hydrogens (tertiary/aromatic N) is 2. The zero-order valence-electron chi connectivity index (χ0n) is 11.3. The number of carbonyl (C=O) groups excluding carboxylic acids is 1. The standard InChI is InChI=1S/C14H17N3O2/c1-14(2,3)19-13(18)16-11-6-7-15-12(10-11)17-8-4-5-9-17/h4-10H,1-3H3,(H,15,16,18). The van der Waals surface area contributed by atoms with Crippen molar-refractivity contribution in [1.29, 1.82) is 0 Å². The minimum Gasteiger partial charge on any atom is -0.444 e. The van der Waals surface area contributed by atoms with Crippen molar-refractivity contribution in [2.24, 2.45) is 0 Å². The summed E-state index contributed by atoms with van der Waals surface area (Å²) in [5, 5.41) is 2.69. The lowest BCUT2D eigenvalue weighted by Gasteiger charge is -2.19. The van der Waals surface area contributed by atoms with Crippen LogP contribution < -0.4 is 5.32 Å². The number of nitrogens with one attached hydrogen (secondary N) is 1. The summed E-state index contributed by atoms with van der Waals surface area (Å²) in [6.07, 6.45) is 4.94. The molecule has 5 heteroatoms. The molecule has 100 valence electrons. The van der Waals surface area contributed by atoms with Gasteiger partial charge in [0.15, 0.2) is 0 Å². The summed E-state index contributed by atoms with van der Waals surface area (Å²) >= 11 is 0. The Labute approximate surface area is 112 Å². The summed E-state index contributed by atoms with van der Waals surface area (Å²) in [5.74, 6) is 0.735. The van der Waals surface area contributed by atoms with E-state index in [0.717, 1.165) is 5.82 Å². The Morgan fingerprint density at radius 1 is 1.32 bits per heavy atom. The summed E-state index contributed by atoms with van der Waals surface area (Å²) in [7, 11) is 0. The second-order valence-electron chi connectivity index (χ2n) is 5.12. The van der Waals surface area contributed by atoms with Crippen molar-refractivity contribution in [2.45, 2.75) is 26.4 Å². The molecule has 0 aliphatic carbocycles. The van der Waals surface area contributed by atoms with Crippen LogP contribution in [0.5, 0.6) is 0 Å². The molecule has 19 heavy (non-hydrogen) atoms. The summed E-state index contributed by atoms with van der Waals surface area (Å²) in [4.78, 5) is 15.9. The van der Waals surface area contributed by atoms with Gasteiger partial charge in [-0.15, -0.1) is 0 Å². The highest BCUT2D eigenvalue weighted by molar-refractivity contribution is 5.85. The van der Waals surface area contributed by atoms with E-state index in [-0.39, 0.29) is 0 Å². The van der Waals surface area contributed by atoms with Crippen LogP contribution in [0.1, 0.15) is 20.8 Å². The number of carbonyl (C=O) groups is 1. The molecule has 1 N–H and O–H groups in total. The lowest BCUT2D eigenvalue weighted by Crippen LogP contribution is -2.27. The Balaban J connectivity index is 2.10. The first kappa shape index (κ1) is 13.1. The topological polar surface area (TPSA) is 56.1 Å². The van der Waals surface area contributed by atoms with Gasteiger partial charge in [0, 0.05) is 30.3 Å². The highest BCUT2D eigenvalue weighted by atomic mass is 16.6. The lowest BCUT2D eigenvalue weighted by molar-refractivity contribution is 0.0636. The van der Waals surface area contributed by atoms with Crippen LogP contribution in [0, 0.1) is 0 Å². The fourth-order valence-electron chi connectivity index (χ4n) is 1.55. The molecule has 0 saturated carbocycles. The Morgan fingerprint density at radius 2 is 2.00 bits per heavy atom. The molecule has 0 aliphatic rings. The van der Waals surface area contributed by atoms with Gasteiger partial charge in [-0.05, 0) is 39.0 Å². The molecule has 0 atom stereocenters. The molecule has 1 amide bonds. The second-order valence-corrected chi connectivity index (χ2v) is 5.12. The maximum Gasteiger partial charge on any atom is 0.412 e. The summed E-state index contributed by atoms with van der Waals surface area (Å²) in [6.45, 7) is 5.47. The van der Waals surface area contributed by atoms with E-state index in [1.54, 1.807) is 18.3 Å². The third-order valence-corrected chi connectivity index (χ3v) is 2.26. The van der Waals surface area contributed by atoms with Gasteiger partial charge in [0.25, 0.3) is 0 Å². The first-order valence-corrected chi connectivity index (χ1v) is 6.03. The Hall–Kier alpha value is -2.30. The third-order valence-electron chi connectivity index (χ3n) is 2.26. The molecule has 5 nitrogen and oxygen atoms in total. The van der Waals surface area contributed by atoms with Crippen LogP contribution in [0.3, 0.4) is 0 Å². The SMILES string of the molecule is CC(C)(C)OC(=O)Nc1ccnc(-n2cccc2)c1. The van der Waals surface area contributed by atoms with Crippen LogP contribution in [-0.4, -0.2) is 21.2 Å². The third kappa shape index (κ3) is 3.84. The van der Waals surface area contributed by atoms with Gasteiger partial charge < -0.3 is 9.30 Å². The van der Waals surface area contributed by atoms with Crippen molar-refractivity contribution in [1.82, 2.24) is 9.55 Å². The molecule has 0 spiro atoms. The fraction of sp³-hybridized carbons (Fsp3) is 0.286. The highest BCUT2D eigenvalue weighted by Crippen LogP contribution is 2.14. The van der Waals surface area contributed by atoms with Crippen molar-refractivity contribution in [3.8, 4) is 5.82 Å². The molecule has 0 saturated heterocycles. The number of aromatic nitrogens is 2. The molecule has 2 aromatic heterocycles. The number of hydrogen-bond acceptors (Lipinski definition) is 3. The normalized spacial score (nSPS) is 11.1. The van der Waals surface area contributed by atoms with Crippen molar-refractivity contribution in [2.75, 3.05) is 5.32 Å². The molecule has 2 heterocycles. The summed E-state index contributed by atoms with van der Waals surface area (Å²) in [5.41, 5.74) is 0.133. The number of ether oxygens (including phenoxy) is 1. The quantitative estimate of drug-likeness (QED) is 0.900. The molecular weight excluding hydrogens is 242 g/mol. The molecule has 0 fully saturated rings. The zero-order valence-corrected chi connectivity index (χ0v) is 11.3. The fourth-order valence-corrected chi connectivity index (χ4v) is 1.55. The van der Waals surface area contributed by atoms with Crippen molar-refractivity contribution in [3.05, 3.63) is 42.9 Å². The van der Waals surface area contributed by atoms with Gasteiger partial charge in [-0.25, -0.2) is 9.78 Å². The maximum atomic E-state index is 11.7. The van der Waals surface area contributed by atoms with E-state index >= 15 is 0 Å². The number of rotatable bonds is 2. The zero-order chi connectivity index (χ0) is 13.9. The van der Waals surface area contributed by atoms with Gasteiger partial charge in [-0.3, -0.25) is 5.32 Å². The first-order chi connectivity index (χ1) is 8.94. The number of pyridine rings is 1. The number of hydrogen-bond donors (Lipinski definition) is 1. The van der Waals surface area contributed by atoms with Crippen LogP contribution in [-0.2, 0) is 4.74 Å². The summed E-state index contributed by atoms with van der Waals surface area (Å²) < 4.78 is 7.06. The first-order valence-electron chi connectivity index (χ1n) is 6.03. The van der Waals surface area contributed by atoms with Gasteiger partial charge in [0.1, 0.15) is 11.4 Å². The van der Waals surface area contributed by atoms with Gasteiger partial charge >= 0.3 is 6.09 Å². The number of anilines is 1. The minimum atomic E-state index is -0.514. The van der Waals surface area contributed by atoms with E-state index in [0.29, 0.717) is 5.69 Å². The van der Waals surface area contributed by atoms with Gasteiger partial charge in [0.2, 0.25) is 0 Å². The Kier molecular flexibility index (Phi) is 3.55. The largest absolute Gasteiger partial charge is 0.444 e. The van der Waals surface area contributed by atoms with Crippen LogP contribution in [0.25, 0.3) is 5.82 Å². The van der Waals surface area contributed by atoms with Crippen LogP contribution in [0.15, 0.2) is 42.9 Å². The van der Waals surface area contributed by atoms with Crippen LogP contribution in [0.4, 0.5) is 10.5 Å². The molecule has 0 aromatic carbocycles. The van der Waals surface area contributed by atoms with E-state index in [1.807, 2.05) is 49.9 Å². The van der Waals surface area contributed by atoms with E-state index in [4.69, 9.17) is 4.74 Å². The molecule has 2 rings (SSSR count). The van der Waals surface area contributed by atoms with Crippen molar-refractivity contribution < 1.29 is 9.53 Å². The van der Waals surface area contributed by atoms with Gasteiger partial charge in [-0.2, -0.15) is 0 Å².